The lowest BCUT2D eigenvalue weighted by Gasteiger charge is -2.01. The predicted octanol–water partition coefficient (Wildman–Crippen LogP) is -0.332. The van der Waals surface area contributed by atoms with E-state index in [1.54, 1.807) is 6.20 Å². The summed E-state index contributed by atoms with van der Waals surface area (Å²) >= 11 is 0. The third kappa shape index (κ3) is 2.72. The Balaban J connectivity index is 2.70. The number of aliphatic imine (C=N–C) groups is 1. The fourth-order valence-corrected chi connectivity index (χ4v) is 0.890. The third-order valence-corrected chi connectivity index (χ3v) is 1.66. The van der Waals surface area contributed by atoms with Crippen LogP contribution in [0.3, 0.4) is 0 Å². The van der Waals surface area contributed by atoms with Gasteiger partial charge in [-0.3, -0.25) is 10.4 Å². The molecule has 0 bridgehead atoms. The van der Waals surface area contributed by atoms with Gasteiger partial charge in [0.2, 0.25) is 5.96 Å². The van der Waals surface area contributed by atoms with Crippen molar-refractivity contribution in [3.63, 3.8) is 0 Å². The molecule has 0 fully saturated rings. The highest BCUT2D eigenvalue weighted by molar-refractivity contribution is 5.77. The number of guanidine groups is 1. The molecule has 5 heteroatoms. The Morgan fingerprint density at radius 2 is 2.46 bits per heavy atom. The highest BCUT2D eigenvalue weighted by Gasteiger charge is 1.96. The minimum absolute atomic E-state index is 0.213. The maximum absolute atomic E-state index is 5.36. The number of aromatic nitrogens is 1. The molecule has 5 nitrogen and oxygen atoms in total. The molecular weight excluding hydrogens is 166 g/mol. The largest absolute Gasteiger partial charge is 0.369 e. The highest BCUT2D eigenvalue weighted by atomic mass is 15.3. The van der Waals surface area contributed by atoms with Crippen LogP contribution in [0.2, 0.25) is 0 Å². The summed E-state index contributed by atoms with van der Waals surface area (Å²) in [5, 5.41) is 0. The number of nitrogens with one attached hydrogen (secondary N) is 1. The van der Waals surface area contributed by atoms with E-state index in [0.29, 0.717) is 6.54 Å². The van der Waals surface area contributed by atoms with Crippen LogP contribution < -0.4 is 17.0 Å². The SMILES string of the molecule is Cc1cccnc1CN=C(N)NN. The Kier molecular flexibility index (Phi) is 3.22. The Labute approximate surface area is 76.8 Å². The van der Waals surface area contributed by atoms with E-state index in [0.717, 1.165) is 11.3 Å². The van der Waals surface area contributed by atoms with Gasteiger partial charge in [0.05, 0.1) is 12.2 Å². The maximum atomic E-state index is 5.36. The van der Waals surface area contributed by atoms with Gasteiger partial charge in [0.15, 0.2) is 0 Å². The first-order valence-electron chi connectivity index (χ1n) is 3.91. The second-order valence-corrected chi connectivity index (χ2v) is 2.61. The highest BCUT2D eigenvalue weighted by Crippen LogP contribution is 2.03. The number of pyridine rings is 1. The molecule has 0 saturated heterocycles. The number of aryl methyl sites for hydroxylation is 1. The van der Waals surface area contributed by atoms with Gasteiger partial charge in [0, 0.05) is 6.20 Å². The van der Waals surface area contributed by atoms with Crippen molar-refractivity contribution in [2.45, 2.75) is 13.5 Å². The number of nitrogens with zero attached hydrogens (tertiary/aromatic N) is 2. The Morgan fingerprint density at radius 1 is 1.69 bits per heavy atom. The quantitative estimate of drug-likeness (QED) is 0.251. The van der Waals surface area contributed by atoms with Crippen molar-refractivity contribution in [2.75, 3.05) is 0 Å². The van der Waals surface area contributed by atoms with E-state index in [4.69, 9.17) is 11.6 Å². The lowest BCUT2D eigenvalue weighted by molar-refractivity contribution is 0.922. The van der Waals surface area contributed by atoms with E-state index >= 15 is 0 Å². The molecule has 1 aromatic rings. The lowest BCUT2D eigenvalue weighted by atomic mass is 10.2. The van der Waals surface area contributed by atoms with E-state index in [2.05, 4.69) is 15.4 Å². The molecule has 0 spiro atoms. The fraction of sp³-hybridized carbons (Fsp3) is 0.250. The molecule has 13 heavy (non-hydrogen) atoms. The number of rotatable bonds is 2. The smallest absolute Gasteiger partial charge is 0.203 e. The zero-order valence-electron chi connectivity index (χ0n) is 7.49. The van der Waals surface area contributed by atoms with Crippen LogP contribution in [0.15, 0.2) is 23.3 Å². The van der Waals surface area contributed by atoms with Crippen molar-refractivity contribution >= 4 is 5.96 Å². The topological polar surface area (TPSA) is 89.3 Å². The number of hydrazine groups is 1. The van der Waals surface area contributed by atoms with Crippen LogP contribution >= 0.6 is 0 Å². The number of hydrogen-bond donors (Lipinski definition) is 3. The van der Waals surface area contributed by atoms with Crippen molar-refractivity contribution in [1.29, 1.82) is 0 Å². The second kappa shape index (κ2) is 4.42. The van der Waals surface area contributed by atoms with E-state index in [9.17, 15) is 0 Å². The molecule has 0 saturated carbocycles. The minimum Gasteiger partial charge on any atom is -0.369 e. The van der Waals surface area contributed by atoms with Crippen LogP contribution in [0.1, 0.15) is 11.3 Å². The summed E-state index contributed by atoms with van der Waals surface area (Å²) in [5.41, 5.74) is 9.61. The van der Waals surface area contributed by atoms with Crippen molar-refractivity contribution in [3.8, 4) is 0 Å². The van der Waals surface area contributed by atoms with Gasteiger partial charge in [-0.15, -0.1) is 0 Å². The van der Waals surface area contributed by atoms with Gasteiger partial charge in [0.1, 0.15) is 0 Å². The van der Waals surface area contributed by atoms with Crippen molar-refractivity contribution < 1.29 is 0 Å². The molecule has 0 aromatic carbocycles. The van der Waals surface area contributed by atoms with E-state index in [1.807, 2.05) is 19.1 Å². The summed E-state index contributed by atoms with van der Waals surface area (Å²) in [6.45, 7) is 2.42. The van der Waals surface area contributed by atoms with Gasteiger partial charge >= 0.3 is 0 Å². The summed E-state index contributed by atoms with van der Waals surface area (Å²) < 4.78 is 0. The standard InChI is InChI=1S/C8H13N5/c1-6-3-2-4-11-7(6)5-12-8(9)13-10/h2-4H,5,10H2,1H3,(H3,9,12,13). The van der Waals surface area contributed by atoms with E-state index in [-0.39, 0.29) is 5.96 Å². The number of hydrogen-bond acceptors (Lipinski definition) is 3. The Bertz CT molecular complexity index is 307. The Hall–Kier alpha value is -1.62. The van der Waals surface area contributed by atoms with Crippen LogP contribution in [0.4, 0.5) is 0 Å². The molecule has 0 radical (unpaired) electrons. The zero-order chi connectivity index (χ0) is 9.68. The summed E-state index contributed by atoms with van der Waals surface area (Å²) in [6, 6.07) is 3.86. The van der Waals surface area contributed by atoms with Gasteiger partial charge < -0.3 is 5.73 Å². The van der Waals surface area contributed by atoms with Gasteiger partial charge in [-0.05, 0) is 18.6 Å². The molecule has 0 aliphatic heterocycles. The molecule has 0 aliphatic carbocycles. The van der Waals surface area contributed by atoms with Gasteiger partial charge in [-0.25, -0.2) is 10.8 Å². The average molecular weight is 179 g/mol. The molecule has 70 valence electrons. The van der Waals surface area contributed by atoms with Crippen molar-refractivity contribution in [2.24, 2.45) is 16.6 Å². The molecule has 1 rings (SSSR count). The average Bonchev–Trinajstić information content (AvgIpc) is 2.16. The monoisotopic (exact) mass is 179 g/mol. The molecule has 0 amide bonds. The summed E-state index contributed by atoms with van der Waals surface area (Å²) in [7, 11) is 0. The normalized spacial score (nSPS) is 11.4. The van der Waals surface area contributed by atoms with Crippen molar-refractivity contribution in [3.05, 3.63) is 29.6 Å². The first kappa shape index (κ1) is 9.47. The van der Waals surface area contributed by atoms with Crippen LogP contribution in [-0.4, -0.2) is 10.9 Å². The van der Waals surface area contributed by atoms with Gasteiger partial charge in [-0.2, -0.15) is 0 Å². The molecular formula is C8H13N5. The predicted molar refractivity (Wildman–Crippen MR) is 51.6 cm³/mol. The molecule has 5 N–H and O–H groups in total. The molecule has 0 unspecified atom stereocenters. The van der Waals surface area contributed by atoms with Crippen LogP contribution in [0.5, 0.6) is 0 Å². The van der Waals surface area contributed by atoms with Crippen LogP contribution in [0.25, 0.3) is 0 Å². The van der Waals surface area contributed by atoms with Crippen LogP contribution in [0, 0.1) is 6.92 Å². The summed E-state index contributed by atoms with van der Waals surface area (Å²) in [5.74, 6) is 5.26. The summed E-state index contributed by atoms with van der Waals surface area (Å²) in [4.78, 5) is 8.12. The first-order valence-corrected chi connectivity index (χ1v) is 3.91. The van der Waals surface area contributed by atoms with Gasteiger partial charge in [0.25, 0.3) is 0 Å². The lowest BCUT2D eigenvalue weighted by Crippen LogP contribution is -2.37. The summed E-state index contributed by atoms with van der Waals surface area (Å²) in [6.07, 6.45) is 1.73. The molecule has 1 aromatic heterocycles. The second-order valence-electron chi connectivity index (χ2n) is 2.61. The zero-order valence-corrected chi connectivity index (χ0v) is 7.49. The minimum atomic E-state index is 0.213. The van der Waals surface area contributed by atoms with Crippen LogP contribution in [-0.2, 0) is 6.54 Å². The van der Waals surface area contributed by atoms with E-state index < -0.39 is 0 Å². The molecule has 0 aliphatic rings. The fourth-order valence-electron chi connectivity index (χ4n) is 0.890. The third-order valence-electron chi connectivity index (χ3n) is 1.66. The van der Waals surface area contributed by atoms with Gasteiger partial charge in [-0.1, -0.05) is 6.07 Å². The molecule has 1 heterocycles. The van der Waals surface area contributed by atoms with E-state index in [1.165, 1.54) is 0 Å². The first-order chi connectivity index (χ1) is 6.24. The maximum Gasteiger partial charge on any atom is 0.203 e. The number of nitrogens with two attached hydrogens (primary N) is 2. The molecule has 0 atom stereocenters. The Morgan fingerprint density at radius 3 is 3.08 bits per heavy atom. The van der Waals surface area contributed by atoms with Crippen molar-refractivity contribution in [1.82, 2.24) is 10.4 Å².